The van der Waals surface area contributed by atoms with Crippen LogP contribution in [0.15, 0.2) is 0 Å². The molecular weight excluding hydrogens is 208 g/mol. The van der Waals surface area contributed by atoms with E-state index < -0.39 is 5.91 Å². The van der Waals surface area contributed by atoms with Crippen LogP contribution in [0.4, 0.5) is 0 Å². The third-order valence-corrected chi connectivity index (χ3v) is 2.95. The van der Waals surface area contributed by atoms with Gasteiger partial charge in [0.15, 0.2) is 0 Å². The molecule has 0 saturated carbocycles. The molecule has 0 bridgehead atoms. The number of carbonyl (C=O) groups is 2. The van der Waals surface area contributed by atoms with Crippen molar-refractivity contribution in [3.05, 3.63) is 0 Å². The molecule has 94 valence electrons. The molecule has 5 nitrogen and oxygen atoms in total. The maximum atomic E-state index is 10.9. The van der Waals surface area contributed by atoms with Crippen molar-refractivity contribution >= 4 is 12.3 Å². The molecule has 16 heavy (non-hydrogen) atoms. The normalized spacial score (nSPS) is 16.2. The van der Waals surface area contributed by atoms with Crippen LogP contribution in [0.3, 0.4) is 0 Å². The van der Waals surface area contributed by atoms with E-state index in [1.54, 1.807) is 11.9 Å². The first kappa shape index (κ1) is 14.9. The third kappa shape index (κ3) is 4.18. The van der Waals surface area contributed by atoms with Gasteiger partial charge in [0.1, 0.15) is 0 Å². The van der Waals surface area contributed by atoms with Crippen LogP contribution in [-0.2, 0) is 14.3 Å². The molecule has 0 unspecified atom stereocenters. The van der Waals surface area contributed by atoms with E-state index in [9.17, 15) is 9.59 Å². The largest absolute Gasteiger partial charge is 0.379 e. The van der Waals surface area contributed by atoms with E-state index in [1.807, 2.05) is 13.8 Å². The Balaban J connectivity index is 4.81. The fourth-order valence-corrected chi connectivity index (χ4v) is 1.88. The molecule has 0 spiro atoms. The van der Waals surface area contributed by atoms with Gasteiger partial charge in [-0.2, -0.15) is 0 Å². The molecule has 0 radical (unpaired) electrons. The monoisotopic (exact) mass is 230 g/mol. The predicted molar refractivity (Wildman–Crippen MR) is 61.7 cm³/mol. The second kappa shape index (κ2) is 7.22. The number of likely N-dealkylation sites (N-methyl/N-ethyl adjacent to an activating group) is 1. The first-order valence-electron chi connectivity index (χ1n) is 5.46. The van der Waals surface area contributed by atoms with Gasteiger partial charge in [-0.15, -0.1) is 0 Å². The number of ether oxygens (including phenoxy) is 1. The summed E-state index contributed by atoms with van der Waals surface area (Å²) in [6.07, 6.45) is 1.44. The number of carbonyl (C=O) groups excluding carboxylic acids is 2. The number of hydrogen-bond acceptors (Lipinski definition) is 3. The maximum absolute atomic E-state index is 10.9. The van der Waals surface area contributed by atoms with Crippen LogP contribution in [0.5, 0.6) is 0 Å². The molecule has 0 rings (SSSR count). The van der Waals surface area contributed by atoms with E-state index in [1.165, 1.54) is 7.11 Å². The van der Waals surface area contributed by atoms with Crippen LogP contribution in [0, 0.1) is 5.92 Å². The van der Waals surface area contributed by atoms with Crippen LogP contribution in [0.25, 0.3) is 0 Å². The summed E-state index contributed by atoms with van der Waals surface area (Å²) < 4.78 is 5.27. The number of hydrogen-bond donors (Lipinski definition) is 1. The molecule has 5 heteroatoms. The SMILES string of the molecule is CC[C@H](C)[C@@H]([C@@H](CC(N)=O)OC)N(C)C=O. The maximum Gasteiger partial charge on any atom is 0.220 e. The summed E-state index contributed by atoms with van der Waals surface area (Å²) in [4.78, 5) is 23.3. The lowest BCUT2D eigenvalue weighted by atomic mass is 9.91. The lowest BCUT2D eigenvalue weighted by Gasteiger charge is -2.35. The second-order valence-electron chi connectivity index (χ2n) is 4.09. The van der Waals surface area contributed by atoms with Gasteiger partial charge < -0.3 is 15.4 Å². The fourth-order valence-electron chi connectivity index (χ4n) is 1.88. The van der Waals surface area contributed by atoms with Gasteiger partial charge in [0, 0.05) is 14.2 Å². The van der Waals surface area contributed by atoms with Crippen molar-refractivity contribution in [2.45, 2.75) is 38.8 Å². The van der Waals surface area contributed by atoms with Gasteiger partial charge in [-0.1, -0.05) is 20.3 Å². The number of methoxy groups -OCH3 is 1. The van der Waals surface area contributed by atoms with E-state index in [0.29, 0.717) is 0 Å². The highest BCUT2D eigenvalue weighted by atomic mass is 16.5. The minimum atomic E-state index is -0.417. The van der Waals surface area contributed by atoms with Crippen molar-refractivity contribution in [3.8, 4) is 0 Å². The molecule has 2 amide bonds. The second-order valence-corrected chi connectivity index (χ2v) is 4.09. The Kier molecular flexibility index (Phi) is 6.72. The van der Waals surface area contributed by atoms with Gasteiger partial charge in [-0.05, 0) is 5.92 Å². The molecule has 2 N–H and O–H groups in total. The highest BCUT2D eigenvalue weighted by Crippen LogP contribution is 2.20. The average Bonchev–Trinajstić information content (AvgIpc) is 2.26. The van der Waals surface area contributed by atoms with Gasteiger partial charge in [0.25, 0.3) is 0 Å². The zero-order chi connectivity index (χ0) is 12.7. The summed E-state index contributed by atoms with van der Waals surface area (Å²) in [6, 6.07) is -0.125. The Bertz CT molecular complexity index is 233. The number of rotatable bonds is 8. The number of nitrogens with zero attached hydrogens (tertiary/aromatic N) is 1. The van der Waals surface area contributed by atoms with Gasteiger partial charge in [-0.3, -0.25) is 9.59 Å². The summed E-state index contributed by atoms with van der Waals surface area (Å²) in [7, 11) is 3.22. The Hall–Kier alpha value is -1.10. The van der Waals surface area contributed by atoms with Crippen molar-refractivity contribution < 1.29 is 14.3 Å². The van der Waals surface area contributed by atoms with Crippen LogP contribution < -0.4 is 5.73 Å². The summed E-state index contributed by atoms with van der Waals surface area (Å²) in [6.45, 7) is 4.06. The van der Waals surface area contributed by atoms with Crippen LogP contribution >= 0.6 is 0 Å². The molecule has 0 fully saturated rings. The fraction of sp³-hybridized carbons (Fsp3) is 0.818. The quantitative estimate of drug-likeness (QED) is 0.613. The highest BCUT2D eigenvalue weighted by molar-refractivity contribution is 5.74. The zero-order valence-electron chi connectivity index (χ0n) is 10.5. The molecule has 0 aliphatic rings. The topological polar surface area (TPSA) is 72.6 Å². The van der Waals surface area contributed by atoms with Crippen molar-refractivity contribution in [3.63, 3.8) is 0 Å². The Morgan fingerprint density at radius 2 is 2.12 bits per heavy atom. The zero-order valence-corrected chi connectivity index (χ0v) is 10.5. The lowest BCUT2D eigenvalue weighted by molar-refractivity contribution is -0.128. The Labute approximate surface area is 96.9 Å². The van der Waals surface area contributed by atoms with E-state index in [4.69, 9.17) is 10.5 Å². The number of amides is 2. The molecule has 0 aromatic rings. The Morgan fingerprint density at radius 3 is 2.44 bits per heavy atom. The van der Waals surface area contributed by atoms with E-state index >= 15 is 0 Å². The molecule has 0 heterocycles. The molecule has 0 aromatic carbocycles. The molecule has 0 saturated heterocycles. The van der Waals surface area contributed by atoms with Crippen LogP contribution in [0.2, 0.25) is 0 Å². The summed E-state index contributed by atoms with van der Waals surface area (Å²) in [5.41, 5.74) is 5.16. The lowest BCUT2D eigenvalue weighted by Crippen LogP contribution is -2.47. The van der Waals surface area contributed by atoms with E-state index in [2.05, 4.69) is 0 Å². The summed E-state index contributed by atoms with van der Waals surface area (Å²) >= 11 is 0. The molecule has 0 aromatic heterocycles. The molecular formula is C11H22N2O3. The van der Waals surface area contributed by atoms with Crippen molar-refractivity contribution in [2.24, 2.45) is 11.7 Å². The van der Waals surface area contributed by atoms with E-state index in [-0.39, 0.29) is 24.5 Å². The van der Waals surface area contributed by atoms with Gasteiger partial charge in [0.05, 0.1) is 18.6 Å². The van der Waals surface area contributed by atoms with Crippen molar-refractivity contribution in [1.82, 2.24) is 4.90 Å². The van der Waals surface area contributed by atoms with Gasteiger partial charge in [-0.25, -0.2) is 0 Å². The first-order valence-corrected chi connectivity index (χ1v) is 5.46. The Morgan fingerprint density at radius 1 is 1.56 bits per heavy atom. The molecule has 0 aliphatic heterocycles. The van der Waals surface area contributed by atoms with Crippen molar-refractivity contribution in [2.75, 3.05) is 14.2 Å². The van der Waals surface area contributed by atoms with Crippen LogP contribution in [0.1, 0.15) is 26.7 Å². The average molecular weight is 230 g/mol. The molecule has 0 aliphatic carbocycles. The number of nitrogens with two attached hydrogens (primary N) is 1. The summed E-state index contributed by atoms with van der Waals surface area (Å²) in [5, 5.41) is 0. The predicted octanol–water partition coefficient (Wildman–Crippen LogP) is 0.380. The van der Waals surface area contributed by atoms with Gasteiger partial charge >= 0.3 is 0 Å². The molecule has 3 atom stereocenters. The van der Waals surface area contributed by atoms with Gasteiger partial charge in [0.2, 0.25) is 12.3 Å². The van der Waals surface area contributed by atoms with E-state index in [0.717, 1.165) is 12.8 Å². The standard InChI is InChI=1S/C11H22N2O3/c1-5-8(2)11(13(3)7-14)9(16-4)6-10(12)15/h7-9,11H,5-6H2,1-4H3,(H2,12,15)/t8-,9+,11-/m0/s1. The highest BCUT2D eigenvalue weighted by Gasteiger charge is 2.30. The summed E-state index contributed by atoms with van der Waals surface area (Å²) in [5.74, 6) is -0.168. The number of primary amides is 1. The van der Waals surface area contributed by atoms with Crippen molar-refractivity contribution in [1.29, 1.82) is 0 Å². The third-order valence-electron chi connectivity index (χ3n) is 2.95. The minimum Gasteiger partial charge on any atom is -0.379 e. The smallest absolute Gasteiger partial charge is 0.220 e. The first-order chi connectivity index (χ1) is 7.47. The minimum absolute atomic E-state index is 0.125. The van der Waals surface area contributed by atoms with Crippen LogP contribution in [-0.4, -0.2) is 43.5 Å².